The molecule has 1 atom stereocenters. The van der Waals surface area contributed by atoms with Gasteiger partial charge in [0.25, 0.3) is 15.9 Å². The third kappa shape index (κ3) is 4.85. The zero-order chi connectivity index (χ0) is 26.8. The van der Waals surface area contributed by atoms with Gasteiger partial charge in [-0.25, -0.2) is 22.3 Å². The van der Waals surface area contributed by atoms with Crippen LogP contribution in [0.1, 0.15) is 5.56 Å². The number of nitrogens with one attached hydrogen (secondary N) is 1. The number of anilines is 1. The first-order chi connectivity index (χ1) is 17.6. The molecule has 11 nitrogen and oxygen atoms in total. The molecule has 1 amide bonds. The number of fused-ring (bicyclic) bond motifs is 1. The highest BCUT2D eigenvalue weighted by molar-refractivity contribution is 7.93. The zero-order valence-electron chi connectivity index (χ0n) is 19.9. The number of sulfonamides is 2. The summed E-state index contributed by atoms with van der Waals surface area (Å²) < 4.78 is 67.5. The number of hydrogen-bond donors (Lipinski definition) is 2. The highest BCUT2D eigenvalue weighted by Gasteiger charge is 2.43. The van der Waals surface area contributed by atoms with Crippen molar-refractivity contribution >= 4 is 31.6 Å². The van der Waals surface area contributed by atoms with Crippen LogP contribution in [0.5, 0.6) is 11.5 Å². The number of methoxy groups -OCH3 is 2. The van der Waals surface area contributed by atoms with Gasteiger partial charge in [0.2, 0.25) is 10.0 Å². The first-order valence-electron chi connectivity index (χ1n) is 11.0. The summed E-state index contributed by atoms with van der Waals surface area (Å²) in [6.07, 6.45) is 0. The average Bonchev–Trinajstić information content (AvgIpc) is 3.11. The van der Waals surface area contributed by atoms with Crippen LogP contribution in [0.15, 0.2) is 82.6 Å². The molecule has 3 aromatic rings. The number of benzene rings is 3. The number of carbonyl (C=O) groups is 1. The molecule has 0 aromatic heterocycles. The Labute approximate surface area is 214 Å². The molecule has 0 saturated heterocycles. The van der Waals surface area contributed by atoms with E-state index in [1.807, 2.05) is 0 Å². The SMILES string of the molecule is COc1ccc(S(=O)(=O)N2Cc3ccccc3N(S(=O)(=O)c3ccccc3OC)CC2C(=O)NO)cc1. The Hall–Kier alpha value is -3.65. The Bertz CT molecular complexity index is 1510. The second-order valence-corrected chi connectivity index (χ2v) is 11.8. The molecular weight excluding hydrogens is 522 g/mol. The van der Waals surface area contributed by atoms with E-state index >= 15 is 0 Å². The largest absolute Gasteiger partial charge is 0.497 e. The normalized spacial score (nSPS) is 16.4. The molecule has 1 aliphatic heterocycles. The molecule has 1 aliphatic rings. The maximum absolute atomic E-state index is 13.9. The van der Waals surface area contributed by atoms with Gasteiger partial charge < -0.3 is 9.47 Å². The van der Waals surface area contributed by atoms with E-state index in [-0.39, 0.29) is 27.8 Å². The minimum atomic E-state index is -4.35. The fraction of sp³-hybridized carbons (Fsp3) is 0.208. The fourth-order valence-corrected chi connectivity index (χ4v) is 7.34. The first kappa shape index (κ1) is 26.4. The van der Waals surface area contributed by atoms with Gasteiger partial charge in [0, 0.05) is 6.54 Å². The van der Waals surface area contributed by atoms with Crippen LogP contribution >= 0.6 is 0 Å². The third-order valence-corrected chi connectivity index (χ3v) is 9.68. The Morgan fingerprint density at radius 3 is 2.19 bits per heavy atom. The van der Waals surface area contributed by atoms with E-state index in [4.69, 9.17) is 9.47 Å². The topological polar surface area (TPSA) is 143 Å². The molecule has 0 bridgehead atoms. The fourth-order valence-electron chi connectivity index (χ4n) is 4.11. The summed E-state index contributed by atoms with van der Waals surface area (Å²) in [5, 5.41) is 9.48. The van der Waals surface area contributed by atoms with Crippen molar-refractivity contribution in [3.8, 4) is 11.5 Å². The first-order valence-corrected chi connectivity index (χ1v) is 13.9. The Morgan fingerprint density at radius 2 is 1.54 bits per heavy atom. The Morgan fingerprint density at radius 1 is 0.892 bits per heavy atom. The highest BCUT2D eigenvalue weighted by atomic mass is 32.2. The van der Waals surface area contributed by atoms with Crippen LogP contribution < -0.4 is 19.3 Å². The lowest BCUT2D eigenvalue weighted by atomic mass is 10.2. The van der Waals surface area contributed by atoms with E-state index in [0.717, 1.165) is 8.61 Å². The quantitative estimate of drug-likeness (QED) is 0.338. The summed E-state index contributed by atoms with van der Waals surface area (Å²) in [6.45, 7) is -0.945. The molecule has 0 saturated carbocycles. The Kier molecular flexibility index (Phi) is 7.41. The van der Waals surface area contributed by atoms with Crippen molar-refractivity contribution in [1.29, 1.82) is 0 Å². The van der Waals surface area contributed by atoms with Crippen LogP contribution in [0, 0.1) is 0 Å². The van der Waals surface area contributed by atoms with Gasteiger partial charge in [0.15, 0.2) is 0 Å². The summed E-state index contributed by atoms with van der Waals surface area (Å²) >= 11 is 0. The van der Waals surface area contributed by atoms with Crippen molar-refractivity contribution in [3.05, 3.63) is 78.4 Å². The van der Waals surface area contributed by atoms with Gasteiger partial charge in [-0.05, 0) is 48.0 Å². The van der Waals surface area contributed by atoms with Gasteiger partial charge >= 0.3 is 0 Å². The van der Waals surface area contributed by atoms with Crippen molar-refractivity contribution in [1.82, 2.24) is 9.79 Å². The van der Waals surface area contributed by atoms with E-state index in [1.54, 1.807) is 24.3 Å². The number of carbonyl (C=O) groups excluding carboxylic acids is 1. The molecule has 1 heterocycles. The standard InChI is InChI=1S/C24H25N3O8S2/c1-34-18-11-13-19(14-12-18)36(30,31)26-15-17-7-3-4-8-20(17)27(16-21(26)24(28)25-29)37(32,33)23-10-6-5-9-22(23)35-2/h3-14,21,29H,15-16H2,1-2H3,(H,25,28). The lowest BCUT2D eigenvalue weighted by Crippen LogP contribution is -2.53. The van der Waals surface area contributed by atoms with Crippen LogP contribution in [-0.2, 0) is 31.4 Å². The monoisotopic (exact) mass is 547 g/mol. The third-order valence-electron chi connectivity index (χ3n) is 5.99. The van der Waals surface area contributed by atoms with Gasteiger partial charge in [-0.15, -0.1) is 0 Å². The van der Waals surface area contributed by atoms with Crippen LogP contribution in [0.2, 0.25) is 0 Å². The second kappa shape index (κ2) is 10.4. The van der Waals surface area contributed by atoms with Crippen LogP contribution in [0.3, 0.4) is 0 Å². The van der Waals surface area contributed by atoms with Crippen molar-refractivity contribution < 1.29 is 36.3 Å². The molecule has 196 valence electrons. The maximum atomic E-state index is 13.9. The molecule has 4 rings (SSSR count). The van der Waals surface area contributed by atoms with Crippen molar-refractivity contribution in [2.45, 2.75) is 22.4 Å². The van der Waals surface area contributed by atoms with Gasteiger partial charge in [-0.1, -0.05) is 30.3 Å². The second-order valence-electron chi connectivity index (χ2n) is 8.03. The van der Waals surface area contributed by atoms with E-state index in [9.17, 15) is 26.8 Å². The van der Waals surface area contributed by atoms with Crippen LogP contribution in [-0.4, -0.2) is 59.1 Å². The summed E-state index contributed by atoms with van der Waals surface area (Å²) in [4.78, 5) is 12.6. The van der Waals surface area contributed by atoms with Crippen LogP contribution in [0.4, 0.5) is 5.69 Å². The molecule has 1 unspecified atom stereocenters. The molecule has 0 spiro atoms. The number of para-hydroxylation sites is 2. The molecule has 37 heavy (non-hydrogen) atoms. The predicted molar refractivity (Wildman–Crippen MR) is 133 cm³/mol. The molecule has 13 heteroatoms. The average molecular weight is 548 g/mol. The van der Waals surface area contributed by atoms with Crippen LogP contribution in [0.25, 0.3) is 0 Å². The molecule has 0 radical (unpaired) electrons. The highest BCUT2D eigenvalue weighted by Crippen LogP contribution is 2.36. The lowest BCUT2D eigenvalue weighted by Gasteiger charge is -2.30. The number of ether oxygens (including phenoxy) is 2. The van der Waals surface area contributed by atoms with Gasteiger partial charge in [0.05, 0.1) is 31.3 Å². The predicted octanol–water partition coefficient (Wildman–Crippen LogP) is 1.98. The smallest absolute Gasteiger partial charge is 0.268 e. The molecule has 0 aliphatic carbocycles. The summed E-state index contributed by atoms with van der Waals surface area (Å²) in [5.41, 5.74) is 2.01. The summed E-state index contributed by atoms with van der Waals surface area (Å²) in [5.74, 6) is -0.584. The number of amides is 1. The number of nitrogens with zero attached hydrogens (tertiary/aromatic N) is 2. The molecule has 0 fully saturated rings. The summed E-state index contributed by atoms with van der Waals surface area (Å²) in [7, 11) is -5.93. The number of hydroxylamine groups is 1. The Balaban J connectivity index is 1.89. The molecular formula is C24H25N3O8S2. The minimum absolute atomic E-state index is 0.0788. The van der Waals surface area contributed by atoms with Gasteiger partial charge in [-0.2, -0.15) is 4.31 Å². The number of hydrogen-bond acceptors (Lipinski definition) is 8. The zero-order valence-corrected chi connectivity index (χ0v) is 21.6. The van der Waals surface area contributed by atoms with E-state index in [0.29, 0.717) is 11.3 Å². The van der Waals surface area contributed by atoms with Crippen molar-refractivity contribution in [2.24, 2.45) is 0 Å². The van der Waals surface area contributed by atoms with Gasteiger partial charge in [0.1, 0.15) is 22.4 Å². The van der Waals surface area contributed by atoms with Crippen molar-refractivity contribution in [2.75, 3.05) is 25.1 Å². The summed E-state index contributed by atoms with van der Waals surface area (Å²) in [6, 6.07) is 16.3. The van der Waals surface area contributed by atoms with Gasteiger partial charge in [-0.3, -0.25) is 14.3 Å². The number of rotatable bonds is 7. The molecule has 3 aromatic carbocycles. The molecule has 2 N–H and O–H groups in total. The van der Waals surface area contributed by atoms with Crippen molar-refractivity contribution in [3.63, 3.8) is 0 Å². The maximum Gasteiger partial charge on any atom is 0.268 e. The van der Waals surface area contributed by atoms with E-state index in [2.05, 4.69) is 0 Å². The lowest BCUT2D eigenvalue weighted by molar-refractivity contribution is -0.132. The van der Waals surface area contributed by atoms with E-state index in [1.165, 1.54) is 68.2 Å². The minimum Gasteiger partial charge on any atom is -0.497 e. The van der Waals surface area contributed by atoms with E-state index < -0.39 is 38.5 Å².